The molecule has 6 heteroatoms. The van der Waals surface area contributed by atoms with Crippen molar-refractivity contribution < 1.29 is 4.42 Å². The maximum Gasteiger partial charge on any atom is 0.166 e. The molecule has 14 rings (SSSR count). The van der Waals surface area contributed by atoms with E-state index in [1.807, 2.05) is 6.07 Å². The molecule has 4 aromatic heterocycles. The van der Waals surface area contributed by atoms with Crippen molar-refractivity contribution in [3.05, 3.63) is 194 Å². The largest absolute Gasteiger partial charge is 0.456 e. The third-order valence-corrected chi connectivity index (χ3v) is 13.9. The first-order valence-corrected chi connectivity index (χ1v) is 22.0. The summed E-state index contributed by atoms with van der Waals surface area (Å²) < 4.78 is 11.6. The number of aromatic nitrogens is 4. The Balaban J connectivity index is 1.17. The fourth-order valence-corrected chi connectivity index (χ4v) is 11.2. The van der Waals surface area contributed by atoms with Gasteiger partial charge in [0.2, 0.25) is 0 Å². The van der Waals surface area contributed by atoms with E-state index in [2.05, 4.69) is 193 Å². The van der Waals surface area contributed by atoms with Gasteiger partial charge in [0.1, 0.15) is 11.2 Å². The third-order valence-electron chi connectivity index (χ3n) is 12.8. The molecule has 0 N–H and O–H groups in total. The molecule has 0 radical (unpaired) electrons. The molecule has 0 unspecified atom stereocenters. The van der Waals surface area contributed by atoms with Crippen molar-refractivity contribution in [3.8, 4) is 39.9 Å². The second-order valence-corrected chi connectivity index (χ2v) is 17.4. The van der Waals surface area contributed by atoms with Crippen molar-refractivity contribution in [1.29, 1.82) is 0 Å². The van der Waals surface area contributed by atoms with Crippen molar-refractivity contribution in [1.82, 2.24) is 19.5 Å². The van der Waals surface area contributed by atoms with Crippen LogP contribution in [0.3, 0.4) is 0 Å². The number of nitrogens with zero attached hydrogens (tertiary/aromatic N) is 4. The molecule has 0 atom stereocenters. The molecule has 0 amide bonds. The van der Waals surface area contributed by atoms with Gasteiger partial charge in [-0.2, -0.15) is 0 Å². The summed E-state index contributed by atoms with van der Waals surface area (Å²) in [5.41, 5.74) is 7.60. The van der Waals surface area contributed by atoms with Crippen LogP contribution in [0.15, 0.2) is 199 Å². The SMILES string of the molecule is c1ccc2cc3c(cc2c1)c1ccc2ccccc2c1n3-c1c(-c2nc(-c3cccc4ccccc34)nc(-c3cccc4sc5ccccc5c34)n2)ccc2oc3ccccc3c12. The number of thiophene rings is 1. The van der Waals surface area contributed by atoms with E-state index in [9.17, 15) is 0 Å². The van der Waals surface area contributed by atoms with Crippen LogP contribution < -0.4 is 0 Å². The lowest BCUT2D eigenvalue weighted by molar-refractivity contribution is 0.669. The Bertz CT molecular complexity index is 4230. The first-order valence-electron chi connectivity index (χ1n) is 21.2. The zero-order chi connectivity index (χ0) is 41.2. The van der Waals surface area contributed by atoms with Crippen LogP contribution in [-0.2, 0) is 0 Å². The quantitative estimate of drug-likeness (QED) is 0.177. The van der Waals surface area contributed by atoms with E-state index in [4.69, 9.17) is 19.4 Å². The fraction of sp³-hybridized carbons (Fsp3) is 0. The maximum atomic E-state index is 6.71. The van der Waals surface area contributed by atoms with Crippen molar-refractivity contribution in [2.45, 2.75) is 0 Å². The number of para-hydroxylation sites is 1. The van der Waals surface area contributed by atoms with Gasteiger partial charge in [-0.3, -0.25) is 0 Å². The number of furan rings is 1. The van der Waals surface area contributed by atoms with Gasteiger partial charge >= 0.3 is 0 Å². The van der Waals surface area contributed by atoms with E-state index in [1.165, 1.54) is 41.7 Å². The Morgan fingerprint density at radius 3 is 1.81 bits per heavy atom. The lowest BCUT2D eigenvalue weighted by atomic mass is 10.0. The molecule has 63 heavy (non-hydrogen) atoms. The van der Waals surface area contributed by atoms with Gasteiger partial charge in [0.05, 0.1) is 22.1 Å². The van der Waals surface area contributed by atoms with E-state index in [1.54, 1.807) is 11.3 Å². The van der Waals surface area contributed by atoms with Crippen LogP contribution in [0, 0.1) is 0 Å². The van der Waals surface area contributed by atoms with Crippen LogP contribution in [0.1, 0.15) is 0 Å². The van der Waals surface area contributed by atoms with E-state index in [0.29, 0.717) is 17.5 Å². The number of benzene rings is 10. The maximum absolute atomic E-state index is 6.71. The van der Waals surface area contributed by atoms with Gasteiger partial charge in [-0.25, -0.2) is 15.0 Å². The van der Waals surface area contributed by atoms with Gasteiger partial charge in [0.15, 0.2) is 17.5 Å². The van der Waals surface area contributed by atoms with Gasteiger partial charge in [-0.1, -0.05) is 152 Å². The summed E-state index contributed by atoms with van der Waals surface area (Å²) in [6, 6.07) is 69.0. The van der Waals surface area contributed by atoms with Gasteiger partial charge < -0.3 is 8.98 Å². The number of fused-ring (bicyclic) bond motifs is 13. The summed E-state index contributed by atoms with van der Waals surface area (Å²) in [6.07, 6.45) is 0. The lowest BCUT2D eigenvalue weighted by Gasteiger charge is -2.17. The molecule has 0 aliphatic heterocycles. The fourth-order valence-electron chi connectivity index (χ4n) is 10.0. The Morgan fingerprint density at radius 2 is 0.968 bits per heavy atom. The molecule has 0 bridgehead atoms. The van der Waals surface area contributed by atoms with Crippen LogP contribution in [0.25, 0.3) is 136 Å². The summed E-state index contributed by atoms with van der Waals surface area (Å²) in [5.74, 6) is 1.82. The Hall–Kier alpha value is -8.19. The second kappa shape index (κ2) is 13.2. The highest BCUT2D eigenvalue weighted by Crippen LogP contribution is 2.46. The lowest BCUT2D eigenvalue weighted by Crippen LogP contribution is -2.04. The highest BCUT2D eigenvalue weighted by Gasteiger charge is 2.26. The van der Waals surface area contributed by atoms with Gasteiger partial charge in [-0.05, 0) is 69.4 Å². The molecule has 14 aromatic rings. The number of rotatable bonds is 4. The van der Waals surface area contributed by atoms with Crippen molar-refractivity contribution >= 4 is 108 Å². The van der Waals surface area contributed by atoms with E-state index in [0.717, 1.165) is 76.9 Å². The minimum atomic E-state index is 0.581. The molecule has 10 aromatic carbocycles. The summed E-state index contributed by atoms with van der Waals surface area (Å²) in [5, 5.41) is 13.6. The third kappa shape index (κ3) is 5.07. The van der Waals surface area contributed by atoms with Crippen molar-refractivity contribution in [2.75, 3.05) is 0 Å². The van der Waals surface area contributed by atoms with Crippen molar-refractivity contribution in [3.63, 3.8) is 0 Å². The molecule has 292 valence electrons. The highest BCUT2D eigenvalue weighted by molar-refractivity contribution is 7.25. The second-order valence-electron chi connectivity index (χ2n) is 16.3. The van der Waals surface area contributed by atoms with Crippen LogP contribution in [0.2, 0.25) is 0 Å². The van der Waals surface area contributed by atoms with Gasteiger partial charge in [-0.15, -0.1) is 11.3 Å². The van der Waals surface area contributed by atoms with Gasteiger partial charge in [0, 0.05) is 58.4 Å². The van der Waals surface area contributed by atoms with E-state index >= 15 is 0 Å². The molecular formula is C57H32N4OS. The van der Waals surface area contributed by atoms with Gasteiger partial charge in [0.25, 0.3) is 0 Å². The van der Waals surface area contributed by atoms with Crippen LogP contribution in [-0.4, -0.2) is 19.5 Å². The summed E-state index contributed by atoms with van der Waals surface area (Å²) in [6.45, 7) is 0. The zero-order valence-electron chi connectivity index (χ0n) is 33.6. The Labute approximate surface area is 363 Å². The summed E-state index contributed by atoms with van der Waals surface area (Å²) >= 11 is 1.80. The predicted molar refractivity (Wildman–Crippen MR) is 263 cm³/mol. The number of hydrogen-bond donors (Lipinski definition) is 0. The smallest absolute Gasteiger partial charge is 0.166 e. The monoisotopic (exact) mass is 820 g/mol. The predicted octanol–water partition coefficient (Wildman–Crippen LogP) is 15.7. The van der Waals surface area contributed by atoms with E-state index < -0.39 is 0 Å². The molecular weight excluding hydrogens is 789 g/mol. The zero-order valence-corrected chi connectivity index (χ0v) is 34.4. The first-order chi connectivity index (χ1) is 31.2. The standard InChI is InChI=1S/C57H32N4OS/c1-2-16-36-32-46-45(31-35(36)15-1)39-28-27-34-14-4-6-19-38(34)53(39)61(46)54-44(29-30-48-52(54)41-20-7-9-24-47(41)62-48)57-59-55(40-22-11-17-33-13-3-5-18-37(33)40)58-56(60-57)43-23-12-26-50-51(43)42-21-8-10-25-49(42)63-50/h1-32H. The van der Waals surface area contributed by atoms with Crippen LogP contribution >= 0.6 is 11.3 Å². The Kier molecular flexibility index (Phi) is 7.21. The topological polar surface area (TPSA) is 56.7 Å². The normalized spacial score (nSPS) is 12.1. The average Bonchev–Trinajstić information content (AvgIpc) is 4.02. The Morgan fingerprint density at radius 1 is 0.365 bits per heavy atom. The molecule has 0 spiro atoms. The molecule has 0 aliphatic carbocycles. The molecule has 5 nitrogen and oxygen atoms in total. The highest BCUT2D eigenvalue weighted by atomic mass is 32.1. The van der Waals surface area contributed by atoms with Crippen LogP contribution in [0.5, 0.6) is 0 Å². The molecule has 0 saturated carbocycles. The molecule has 0 aliphatic rings. The summed E-state index contributed by atoms with van der Waals surface area (Å²) in [4.78, 5) is 16.5. The number of hydrogen-bond acceptors (Lipinski definition) is 5. The average molecular weight is 821 g/mol. The first kappa shape index (κ1) is 34.5. The molecule has 0 saturated heterocycles. The minimum absolute atomic E-state index is 0.581. The van der Waals surface area contributed by atoms with Crippen molar-refractivity contribution in [2.24, 2.45) is 0 Å². The minimum Gasteiger partial charge on any atom is -0.456 e. The molecule has 0 fully saturated rings. The molecule has 4 heterocycles. The van der Waals surface area contributed by atoms with Crippen LogP contribution in [0.4, 0.5) is 0 Å². The van der Waals surface area contributed by atoms with E-state index in [-0.39, 0.29) is 0 Å². The summed E-state index contributed by atoms with van der Waals surface area (Å²) in [7, 11) is 0.